The van der Waals surface area contributed by atoms with Gasteiger partial charge in [0, 0.05) is 38.8 Å². The van der Waals surface area contributed by atoms with Crippen LogP contribution in [0.1, 0.15) is 51.3 Å². The molecule has 0 radical (unpaired) electrons. The fourth-order valence-corrected chi connectivity index (χ4v) is 9.13. The molecular formula is C55H46N2. The van der Waals surface area contributed by atoms with Crippen molar-refractivity contribution in [1.29, 1.82) is 0 Å². The smallest absolute Gasteiger partial charge is 0.0543 e. The fourth-order valence-electron chi connectivity index (χ4n) is 9.13. The van der Waals surface area contributed by atoms with Gasteiger partial charge in [-0.1, -0.05) is 162 Å². The van der Waals surface area contributed by atoms with Gasteiger partial charge in [-0.15, -0.1) is 0 Å². The molecule has 0 N–H and O–H groups in total. The summed E-state index contributed by atoms with van der Waals surface area (Å²) in [6.07, 6.45) is 0. The quantitative estimate of drug-likeness (QED) is 0.165. The Balaban J connectivity index is 1.07. The van der Waals surface area contributed by atoms with Gasteiger partial charge in [0.25, 0.3) is 0 Å². The highest BCUT2D eigenvalue weighted by atomic mass is 15.1. The van der Waals surface area contributed by atoms with Gasteiger partial charge in [0.05, 0.1) is 16.7 Å². The number of nitrogens with zero attached hydrogens (tertiary/aromatic N) is 2. The molecule has 0 amide bonds. The zero-order valence-corrected chi connectivity index (χ0v) is 33.3. The van der Waals surface area contributed by atoms with Gasteiger partial charge in [-0.2, -0.15) is 0 Å². The van der Waals surface area contributed by atoms with Gasteiger partial charge in [0.2, 0.25) is 0 Å². The normalized spacial score (nSPS) is 13.1. The average molecular weight is 735 g/mol. The van der Waals surface area contributed by atoms with E-state index in [1.807, 2.05) is 0 Å². The van der Waals surface area contributed by atoms with E-state index in [4.69, 9.17) is 0 Å². The van der Waals surface area contributed by atoms with Crippen LogP contribution in [0.15, 0.2) is 188 Å². The average Bonchev–Trinajstić information content (AvgIpc) is 3.70. The Hall–Kier alpha value is -6.64. The van der Waals surface area contributed by atoms with E-state index >= 15 is 0 Å². The molecule has 1 aliphatic rings. The van der Waals surface area contributed by atoms with E-state index in [1.165, 1.54) is 77.6 Å². The first-order valence-corrected chi connectivity index (χ1v) is 20.1. The van der Waals surface area contributed by atoms with Gasteiger partial charge >= 0.3 is 0 Å². The lowest BCUT2D eigenvalue weighted by Crippen LogP contribution is -2.16. The summed E-state index contributed by atoms with van der Waals surface area (Å²) in [5, 5.41) is 2.50. The van der Waals surface area contributed by atoms with Crippen LogP contribution in [0.3, 0.4) is 0 Å². The molecule has 9 aromatic rings. The summed E-state index contributed by atoms with van der Waals surface area (Å²) < 4.78 is 2.40. The Bertz CT molecular complexity index is 2920. The molecule has 0 saturated carbocycles. The van der Waals surface area contributed by atoms with Gasteiger partial charge in [0.1, 0.15) is 0 Å². The largest absolute Gasteiger partial charge is 0.310 e. The van der Waals surface area contributed by atoms with E-state index in [2.05, 4.69) is 232 Å². The Kier molecular flexibility index (Phi) is 8.09. The Morgan fingerprint density at radius 1 is 0.456 bits per heavy atom. The molecule has 0 atom stereocenters. The summed E-state index contributed by atoms with van der Waals surface area (Å²) in [5.41, 5.74) is 18.6. The van der Waals surface area contributed by atoms with Crippen LogP contribution in [0.4, 0.5) is 17.1 Å². The zero-order valence-electron chi connectivity index (χ0n) is 33.3. The lowest BCUT2D eigenvalue weighted by atomic mass is 9.82. The van der Waals surface area contributed by atoms with Gasteiger partial charge in [0.15, 0.2) is 0 Å². The van der Waals surface area contributed by atoms with E-state index in [0.717, 1.165) is 17.1 Å². The van der Waals surface area contributed by atoms with E-state index in [9.17, 15) is 0 Å². The molecule has 1 aromatic heterocycles. The summed E-state index contributed by atoms with van der Waals surface area (Å²) >= 11 is 0. The van der Waals surface area contributed by atoms with E-state index in [1.54, 1.807) is 0 Å². The lowest BCUT2D eigenvalue weighted by Gasteiger charge is -2.29. The highest BCUT2D eigenvalue weighted by Gasteiger charge is 2.37. The number of hydrogen-bond donors (Lipinski definition) is 0. The number of hydrogen-bond acceptors (Lipinski definition) is 1. The molecule has 0 saturated heterocycles. The molecule has 276 valence electrons. The maximum absolute atomic E-state index is 2.45. The molecule has 0 unspecified atom stereocenters. The maximum atomic E-state index is 2.45. The highest BCUT2D eigenvalue weighted by molar-refractivity contribution is 6.10. The van der Waals surface area contributed by atoms with E-state index < -0.39 is 0 Å². The second-order valence-corrected chi connectivity index (χ2v) is 17.0. The molecule has 10 rings (SSSR count). The monoisotopic (exact) mass is 734 g/mol. The van der Waals surface area contributed by atoms with Crippen LogP contribution >= 0.6 is 0 Å². The van der Waals surface area contributed by atoms with Crippen molar-refractivity contribution >= 4 is 38.9 Å². The molecule has 0 spiro atoms. The summed E-state index contributed by atoms with van der Waals surface area (Å²) in [6, 6.07) is 69.3. The van der Waals surface area contributed by atoms with E-state index in [-0.39, 0.29) is 10.8 Å². The second kappa shape index (κ2) is 13.2. The number of benzene rings is 8. The van der Waals surface area contributed by atoms with Crippen LogP contribution in [-0.2, 0) is 10.8 Å². The van der Waals surface area contributed by atoms with Gasteiger partial charge in [-0.25, -0.2) is 0 Å². The molecule has 57 heavy (non-hydrogen) atoms. The molecular weight excluding hydrogens is 689 g/mol. The van der Waals surface area contributed by atoms with Crippen molar-refractivity contribution in [3.63, 3.8) is 0 Å². The molecule has 2 heteroatoms. The van der Waals surface area contributed by atoms with Crippen LogP contribution in [0, 0.1) is 0 Å². The first-order chi connectivity index (χ1) is 27.7. The SMILES string of the molecule is CC(C)(C)c1ccc(N(c2ccc(-c3ccc4c(c3)c3ccccc3n4-c3ccc(-c4ccccc4)cc3)cc2)c2cccc3c2-c2ccccc2C3(C)C)cc1. The molecule has 1 heterocycles. The number of fused-ring (bicyclic) bond motifs is 6. The van der Waals surface area contributed by atoms with Crippen molar-refractivity contribution < 1.29 is 0 Å². The number of anilines is 3. The van der Waals surface area contributed by atoms with Crippen LogP contribution in [0.25, 0.3) is 60.9 Å². The Labute approximate surface area is 336 Å². The summed E-state index contributed by atoms with van der Waals surface area (Å²) in [7, 11) is 0. The molecule has 1 aliphatic carbocycles. The fraction of sp³-hybridized carbons (Fsp3) is 0.127. The van der Waals surface area contributed by atoms with Gasteiger partial charge in [-0.05, 0) is 111 Å². The zero-order chi connectivity index (χ0) is 38.9. The molecule has 2 nitrogen and oxygen atoms in total. The molecule has 8 aromatic carbocycles. The van der Waals surface area contributed by atoms with Crippen molar-refractivity contribution in [1.82, 2.24) is 4.57 Å². The molecule has 0 fully saturated rings. The summed E-state index contributed by atoms with van der Waals surface area (Å²) in [5.74, 6) is 0. The summed E-state index contributed by atoms with van der Waals surface area (Å²) in [4.78, 5) is 2.45. The third kappa shape index (κ3) is 5.78. The maximum Gasteiger partial charge on any atom is 0.0543 e. The third-order valence-electron chi connectivity index (χ3n) is 12.2. The molecule has 0 aliphatic heterocycles. The lowest BCUT2D eigenvalue weighted by molar-refractivity contribution is 0.590. The van der Waals surface area contributed by atoms with Crippen LogP contribution in [0.5, 0.6) is 0 Å². The van der Waals surface area contributed by atoms with Crippen LogP contribution in [-0.4, -0.2) is 4.57 Å². The minimum Gasteiger partial charge on any atom is -0.310 e. The van der Waals surface area contributed by atoms with Crippen molar-refractivity contribution in [2.24, 2.45) is 0 Å². The van der Waals surface area contributed by atoms with E-state index in [0.29, 0.717) is 0 Å². The number of rotatable bonds is 6. The number of para-hydroxylation sites is 1. The first kappa shape index (κ1) is 34.8. The van der Waals surface area contributed by atoms with Crippen molar-refractivity contribution in [2.45, 2.75) is 45.4 Å². The minimum absolute atomic E-state index is 0.0718. The Morgan fingerprint density at radius 2 is 1.02 bits per heavy atom. The standard InChI is InChI=1S/C55H46N2/c1-54(2,3)41-27-33-43(34-28-41)56(52-21-13-19-49-53(52)46-17-9-11-18-48(46)55(49,4)5)42-29-24-39(25-30-42)40-26-35-51-47(36-40)45-16-10-12-20-50(45)57(51)44-31-22-38(23-32-44)37-14-7-6-8-15-37/h6-36H,1-5H3. The van der Waals surface area contributed by atoms with Gasteiger partial charge in [-0.3, -0.25) is 0 Å². The summed E-state index contributed by atoms with van der Waals surface area (Å²) in [6.45, 7) is 11.5. The van der Waals surface area contributed by atoms with Crippen molar-refractivity contribution in [3.05, 3.63) is 205 Å². The van der Waals surface area contributed by atoms with Crippen LogP contribution in [0.2, 0.25) is 0 Å². The Morgan fingerprint density at radius 3 is 1.75 bits per heavy atom. The highest BCUT2D eigenvalue weighted by Crippen LogP contribution is 2.54. The minimum atomic E-state index is -0.0824. The predicted molar refractivity (Wildman–Crippen MR) is 243 cm³/mol. The topological polar surface area (TPSA) is 8.17 Å². The first-order valence-electron chi connectivity index (χ1n) is 20.1. The predicted octanol–water partition coefficient (Wildman–Crippen LogP) is 15.2. The van der Waals surface area contributed by atoms with Crippen LogP contribution < -0.4 is 4.90 Å². The van der Waals surface area contributed by atoms with Crippen molar-refractivity contribution in [3.8, 4) is 39.1 Å². The second-order valence-electron chi connectivity index (χ2n) is 17.0. The molecule has 0 bridgehead atoms. The van der Waals surface area contributed by atoms with Gasteiger partial charge < -0.3 is 9.47 Å². The van der Waals surface area contributed by atoms with Crippen molar-refractivity contribution in [2.75, 3.05) is 4.90 Å². The number of aromatic nitrogens is 1. The third-order valence-corrected chi connectivity index (χ3v) is 12.2.